The van der Waals surface area contributed by atoms with Crippen molar-refractivity contribution in [2.24, 2.45) is 0 Å². The van der Waals surface area contributed by atoms with Gasteiger partial charge in [0.2, 0.25) is 5.91 Å². The molecule has 0 fully saturated rings. The zero-order chi connectivity index (χ0) is 17.0. The summed E-state index contributed by atoms with van der Waals surface area (Å²) in [5, 5.41) is 5.57. The molecule has 0 heterocycles. The van der Waals surface area contributed by atoms with Crippen molar-refractivity contribution in [2.75, 3.05) is 11.9 Å². The lowest BCUT2D eigenvalue weighted by molar-refractivity contribution is -0.115. The molecule has 0 aliphatic carbocycles. The van der Waals surface area contributed by atoms with Gasteiger partial charge < -0.3 is 10.6 Å². The standard InChI is InChI=1S/C16H13Cl2FN2O2/c1-9-2-4-11(19)7-14(9)21-15(22)8-20-16(23)12-5-3-10(17)6-13(12)18/h2-7H,8H2,1H3,(H,20,23)(H,21,22). The van der Waals surface area contributed by atoms with Gasteiger partial charge in [-0.05, 0) is 42.8 Å². The van der Waals surface area contributed by atoms with Crippen LogP contribution in [0, 0.1) is 12.7 Å². The summed E-state index contributed by atoms with van der Waals surface area (Å²) in [4.78, 5) is 23.8. The molecule has 0 aliphatic heterocycles. The molecule has 0 bridgehead atoms. The van der Waals surface area contributed by atoms with Gasteiger partial charge >= 0.3 is 0 Å². The fourth-order valence-electron chi connectivity index (χ4n) is 1.85. The predicted molar refractivity (Wildman–Crippen MR) is 88.6 cm³/mol. The van der Waals surface area contributed by atoms with Crippen molar-refractivity contribution in [3.8, 4) is 0 Å². The van der Waals surface area contributed by atoms with Crippen LogP contribution in [0.5, 0.6) is 0 Å². The molecule has 2 aromatic carbocycles. The van der Waals surface area contributed by atoms with E-state index in [4.69, 9.17) is 23.2 Å². The number of carbonyl (C=O) groups excluding carboxylic acids is 2. The number of nitrogens with one attached hydrogen (secondary N) is 2. The summed E-state index contributed by atoms with van der Waals surface area (Å²) < 4.78 is 13.2. The molecular weight excluding hydrogens is 342 g/mol. The number of anilines is 1. The number of rotatable bonds is 4. The van der Waals surface area contributed by atoms with Crippen LogP contribution >= 0.6 is 23.2 Å². The third kappa shape index (κ3) is 4.68. The zero-order valence-electron chi connectivity index (χ0n) is 12.1. The molecule has 0 aliphatic rings. The monoisotopic (exact) mass is 354 g/mol. The minimum Gasteiger partial charge on any atom is -0.343 e. The molecule has 0 spiro atoms. The molecule has 0 aromatic heterocycles. The first kappa shape index (κ1) is 17.2. The van der Waals surface area contributed by atoms with Gasteiger partial charge in [0.25, 0.3) is 5.91 Å². The van der Waals surface area contributed by atoms with Gasteiger partial charge in [0.05, 0.1) is 17.1 Å². The topological polar surface area (TPSA) is 58.2 Å². The molecule has 0 radical (unpaired) electrons. The summed E-state index contributed by atoms with van der Waals surface area (Å²) in [6.07, 6.45) is 0. The van der Waals surface area contributed by atoms with Crippen LogP contribution in [0.25, 0.3) is 0 Å². The second-order valence-electron chi connectivity index (χ2n) is 4.81. The quantitative estimate of drug-likeness (QED) is 0.876. The highest BCUT2D eigenvalue weighted by molar-refractivity contribution is 6.36. The van der Waals surface area contributed by atoms with Gasteiger partial charge in [0.15, 0.2) is 0 Å². The number of hydrogen-bond donors (Lipinski definition) is 2. The van der Waals surface area contributed by atoms with Crippen LogP contribution in [0.2, 0.25) is 10.0 Å². The maximum atomic E-state index is 13.2. The highest BCUT2D eigenvalue weighted by Gasteiger charge is 2.12. The fourth-order valence-corrected chi connectivity index (χ4v) is 2.35. The van der Waals surface area contributed by atoms with Crippen molar-refractivity contribution in [1.29, 1.82) is 0 Å². The molecule has 120 valence electrons. The van der Waals surface area contributed by atoms with Crippen LogP contribution in [0.1, 0.15) is 15.9 Å². The van der Waals surface area contributed by atoms with Crippen LogP contribution in [-0.4, -0.2) is 18.4 Å². The number of hydrogen-bond acceptors (Lipinski definition) is 2. The molecule has 4 nitrogen and oxygen atoms in total. The summed E-state index contributed by atoms with van der Waals surface area (Å²) in [5.41, 5.74) is 1.28. The van der Waals surface area contributed by atoms with Crippen LogP contribution in [-0.2, 0) is 4.79 Å². The second kappa shape index (κ2) is 7.44. The average molecular weight is 355 g/mol. The lowest BCUT2D eigenvalue weighted by Crippen LogP contribution is -2.33. The molecule has 2 amide bonds. The van der Waals surface area contributed by atoms with Gasteiger partial charge in [-0.15, -0.1) is 0 Å². The van der Waals surface area contributed by atoms with E-state index in [1.165, 1.54) is 30.3 Å². The van der Waals surface area contributed by atoms with Crippen molar-refractivity contribution in [3.05, 3.63) is 63.4 Å². The van der Waals surface area contributed by atoms with E-state index in [0.717, 1.165) is 0 Å². The Balaban J connectivity index is 1.96. The average Bonchev–Trinajstić information content (AvgIpc) is 2.48. The molecule has 0 saturated carbocycles. The molecule has 0 saturated heterocycles. The van der Waals surface area contributed by atoms with E-state index in [1.807, 2.05) is 0 Å². The number of benzene rings is 2. The SMILES string of the molecule is Cc1ccc(F)cc1NC(=O)CNC(=O)c1ccc(Cl)cc1Cl. The van der Waals surface area contributed by atoms with E-state index < -0.39 is 17.6 Å². The van der Waals surface area contributed by atoms with Crippen molar-refractivity contribution >= 4 is 40.7 Å². The number of halogens is 3. The highest BCUT2D eigenvalue weighted by Crippen LogP contribution is 2.20. The van der Waals surface area contributed by atoms with Gasteiger partial charge in [-0.25, -0.2) is 4.39 Å². The number of aryl methyl sites for hydroxylation is 1. The maximum absolute atomic E-state index is 13.2. The summed E-state index contributed by atoms with van der Waals surface area (Å²) in [7, 11) is 0. The Morgan fingerprint density at radius 1 is 1.13 bits per heavy atom. The zero-order valence-corrected chi connectivity index (χ0v) is 13.6. The van der Waals surface area contributed by atoms with Gasteiger partial charge in [0.1, 0.15) is 5.82 Å². The Labute approximate surface area is 142 Å². The minimum absolute atomic E-state index is 0.191. The fraction of sp³-hybridized carbons (Fsp3) is 0.125. The smallest absolute Gasteiger partial charge is 0.253 e. The molecule has 23 heavy (non-hydrogen) atoms. The Morgan fingerprint density at radius 2 is 1.87 bits per heavy atom. The van der Waals surface area contributed by atoms with Crippen LogP contribution in [0.15, 0.2) is 36.4 Å². The van der Waals surface area contributed by atoms with Gasteiger partial charge in [-0.3, -0.25) is 9.59 Å². The summed E-state index contributed by atoms with van der Waals surface area (Å²) in [6.45, 7) is 1.47. The minimum atomic E-state index is -0.502. The Kier molecular flexibility index (Phi) is 5.58. The summed E-state index contributed by atoms with van der Waals surface area (Å²) in [6, 6.07) is 8.50. The van der Waals surface area contributed by atoms with E-state index in [1.54, 1.807) is 13.0 Å². The van der Waals surface area contributed by atoms with Crippen LogP contribution < -0.4 is 10.6 Å². The largest absolute Gasteiger partial charge is 0.343 e. The lowest BCUT2D eigenvalue weighted by atomic mass is 10.2. The van der Waals surface area contributed by atoms with E-state index in [-0.39, 0.29) is 17.1 Å². The van der Waals surface area contributed by atoms with Crippen molar-refractivity contribution < 1.29 is 14.0 Å². The third-order valence-electron chi connectivity index (χ3n) is 3.06. The van der Waals surface area contributed by atoms with E-state index in [0.29, 0.717) is 16.3 Å². The van der Waals surface area contributed by atoms with Gasteiger partial charge in [-0.2, -0.15) is 0 Å². The molecule has 2 N–H and O–H groups in total. The van der Waals surface area contributed by atoms with Crippen LogP contribution in [0.3, 0.4) is 0 Å². The van der Waals surface area contributed by atoms with E-state index in [9.17, 15) is 14.0 Å². The van der Waals surface area contributed by atoms with E-state index >= 15 is 0 Å². The number of carbonyl (C=O) groups is 2. The lowest BCUT2D eigenvalue weighted by Gasteiger charge is -2.10. The molecular formula is C16H13Cl2FN2O2. The second-order valence-corrected chi connectivity index (χ2v) is 5.66. The first-order valence-electron chi connectivity index (χ1n) is 6.66. The molecule has 7 heteroatoms. The van der Waals surface area contributed by atoms with Gasteiger partial charge in [0, 0.05) is 10.7 Å². The van der Waals surface area contributed by atoms with Crippen molar-refractivity contribution in [2.45, 2.75) is 6.92 Å². The van der Waals surface area contributed by atoms with E-state index in [2.05, 4.69) is 10.6 Å². The van der Waals surface area contributed by atoms with Crippen molar-refractivity contribution in [1.82, 2.24) is 5.32 Å². The van der Waals surface area contributed by atoms with Crippen LogP contribution in [0.4, 0.5) is 10.1 Å². The summed E-state index contributed by atoms with van der Waals surface area (Å²) in [5.74, 6) is -1.43. The first-order valence-corrected chi connectivity index (χ1v) is 7.41. The van der Waals surface area contributed by atoms with Gasteiger partial charge in [-0.1, -0.05) is 29.3 Å². The molecule has 2 aromatic rings. The maximum Gasteiger partial charge on any atom is 0.253 e. The Hall–Kier alpha value is -2.11. The van der Waals surface area contributed by atoms with Crippen molar-refractivity contribution in [3.63, 3.8) is 0 Å². The number of amides is 2. The first-order chi connectivity index (χ1) is 10.9. The predicted octanol–water partition coefficient (Wildman–Crippen LogP) is 3.81. The normalized spacial score (nSPS) is 10.3. The third-order valence-corrected chi connectivity index (χ3v) is 3.61. The Morgan fingerprint density at radius 3 is 2.57 bits per heavy atom. The molecule has 2 rings (SSSR count). The summed E-state index contributed by atoms with van der Waals surface area (Å²) >= 11 is 11.7. The highest BCUT2D eigenvalue weighted by atomic mass is 35.5. The Bertz CT molecular complexity index is 766. The molecule has 0 unspecified atom stereocenters. The molecule has 0 atom stereocenters.